The molecule has 0 bridgehead atoms. The Bertz CT molecular complexity index is 591. The Labute approximate surface area is 129 Å². The summed E-state index contributed by atoms with van der Waals surface area (Å²) >= 11 is 9.17. The Balaban J connectivity index is 2.37. The largest absolute Gasteiger partial charge is 0.317 e. The number of nitrogens with one attached hydrogen (secondary N) is 1. The first-order valence-corrected chi connectivity index (χ1v) is 7.20. The smallest absolute Gasteiger partial charge is 0.256 e. The molecule has 1 heterocycles. The van der Waals surface area contributed by atoms with Gasteiger partial charge in [-0.05, 0) is 40.5 Å². The van der Waals surface area contributed by atoms with Crippen LogP contribution < -0.4 is 5.32 Å². The van der Waals surface area contributed by atoms with Gasteiger partial charge in [0.05, 0.1) is 5.56 Å². The third-order valence-corrected chi connectivity index (χ3v) is 3.99. The first-order valence-electron chi connectivity index (χ1n) is 6.03. The van der Waals surface area contributed by atoms with E-state index in [9.17, 15) is 14.4 Å². The Hall–Kier alpha value is -1.40. The van der Waals surface area contributed by atoms with Crippen molar-refractivity contribution in [2.45, 2.75) is 19.4 Å². The zero-order valence-electron chi connectivity index (χ0n) is 10.7. The molecule has 1 N–H and O–H groups in total. The minimum absolute atomic E-state index is 0.137. The fourth-order valence-corrected chi connectivity index (χ4v) is 2.69. The van der Waals surface area contributed by atoms with Gasteiger partial charge in [-0.25, -0.2) is 0 Å². The van der Waals surface area contributed by atoms with Crippen molar-refractivity contribution in [3.05, 3.63) is 33.3 Å². The van der Waals surface area contributed by atoms with Crippen molar-refractivity contribution in [3.63, 3.8) is 0 Å². The summed E-state index contributed by atoms with van der Waals surface area (Å²) in [7, 11) is 0. The van der Waals surface area contributed by atoms with Crippen LogP contribution in [0.2, 0.25) is 5.02 Å². The summed E-state index contributed by atoms with van der Waals surface area (Å²) in [6, 6.07) is 4.17. The Morgan fingerprint density at radius 3 is 2.85 bits per heavy atom. The highest BCUT2D eigenvalue weighted by molar-refractivity contribution is 9.10. The molecular formula is C13H12BrClN2O3. The van der Waals surface area contributed by atoms with Crippen LogP contribution in [0, 0.1) is 0 Å². The summed E-state index contributed by atoms with van der Waals surface area (Å²) in [5.41, 5.74) is 0.332. The summed E-state index contributed by atoms with van der Waals surface area (Å²) in [4.78, 5) is 37.1. The van der Waals surface area contributed by atoms with E-state index in [0.29, 0.717) is 21.5 Å². The van der Waals surface area contributed by atoms with Gasteiger partial charge in [0.1, 0.15) is 12.6 Å². The number of rotatable bonds is 2. The summed E-state index contributed by atoms with van der Waals surface area (Å²) in [6.07, 6.45) is 0.434. The van der Waals surface area contributed by atoms with Gasteiger partial charge in [0.25, 0.3) is 5.91 Å². The van der Waals surface area contributed by atoms with E-state index >= 15 is 0 Å². The van der Waals surface area contributed by atoms with Crippen LogP contribution in [0.4, 0.5) is 0 Å². The zero-order valence-corrected chi connectivity index (χ0v) is 13.0. The summed E-state index contributed by atoms with van der Waals surface area (Å²) in [6.45, 7) is 1.65. The first-order chi connectivity index (χ1) is 9.43. The van der Waals surface area contributed by atoms with Crippen molar-refractivity contribution in [2.24, 2.45) is 0 Å². The maximum absolute atomic E-state index is 12.5. The van der Waals surface area contributed by atoms with Crippen LogP contribution in [0.1, 0.15) is 23.7 Å². The molecule has 1 aliphatic rings. The van der Waals surface area contributed by atoms with Crippen LogP contribution in [0.5, 0.6) is 0 Å². The minimum Gasteiger partial charge on any atom is -0.317 e. The van der Waals surface area contributed by atoms with Crippen molar-refractivity contribution >= 4 is 45.3 Å². The maximum Gasteiger partial charge on any atom is 0.256 e. The molecule has 0 spiro atoms. The van der Waals surface area contributed by atoms with Gasteiger partial charge >= 0.3 is 0 Å². The van der Waals surface area contributed by atoms with Crippen LogP contribution in [0.3, 0.4) is 0 Å². The molecular weight excluding hydrogens is 348 g/mol. The average Bonchev–Trinajstić information content (AvgIpc) is 2.40. The van der Waals surface area contributed by atoms with E-state index < -0.39 is 23.8 Å². The third-order valence-electron chi connectivity index (χ3n) is 3.06. The fourth-order valence-electron chi connectivity index (χ4n) is 2.10. The van der Waals surface area contributed by atoms with Crippen molar-refractivity contribution in [1.82, 2.24) is 10.2 Å². The molecule has 0 saturated carbocycles. The second kappa shape index (κ2) is 5.93. The van der Waals surface area contributed by atoms with Gasteiger partial charge in [0.15, 0.2) is 0 Å². The maximum atomic E-state index is 12.5. The molecule has 2 rings (SSSR count). The highest BCUT2D eigenvalue weighted by atomic mass is 79.9. The number of hydrogen-bond acceptors (Lipinski definition) is 3. The highest BCUT2D eigenvalue weighted by Gasteiger charge is 2.36. The first kappa shape index (κ1) is 15.0. The summed E-state index contributed by atoms with van der Waals surface area (Å²) in [5.74, 6) is -1.32. The van der Waals surface area contributed by atoms with E-state index in [-0.39, 0.29) is 6.54 Å². The topological polar surface area (TPSA) is 66.5 Å². The number of amides is 3. The number of benzene rings is 1. The molecule has 3 amide bonds. The predicted octanol–water partition coefficient (Wildman–Crippen LogP) is 1.98. The van der Waals surface area contributed by atoms with Crippen LogP contribution in [0.25, 0.3) is 0 Å². The molecule has 1 aliphatic heterocycles. The molecule has 7 heteroatoms. The molecule has 5 nitrogen and oxygen atoms in total. The van der Waals surface area contributed by atoms with Gasteiger partial charge in [-0.1, -0.05) is 18.5 Å². The van der Waals surface area contributed by atoms with E-state index in [1.807, 2.05) is 0 Å². The predicted molar refractivity (Wildman–Crippen MR) is 77.4 cm³/mol. The monoisotopic (exact) mass is 358 g/mol. The van der Waals surface area contributed by atoms with Gasteiger partial charge in [0.2, 0.25) is 11.8 Å². The average molecular weight is 360 g/mol. The number of carbonyl (C=O) groups excluding carboxylic acids is 3. The molecule has 1 unspecified atom stereocenters. The molecule has 106 valence electrons. The zero-order chi connectivity index (χ0) is 14.9. The summed E-state index contributed by atoms with van der Waals surface area (Å²) < 4.78 is 0.570. The number of piperazine rings is 1. The van der Waals surface area contributed by atoms with E-state index in [4.69, 9.17) is 11.6 Å². The van der Waals surface area contributed by atoms with Gasteiger partial charge in [0, 0.05) is 9.50 Å². The van der Waals surface area contributed by atoms with Gasteiger partial charge in [-0.15, -0.1) is 0 Å². The lowest BCUT2D eigenvalue weighted by molar-refractivity contribution is -0.138. The van der Waals surface area contributed by atoms with E-state index in [1.54, 1.807) is 19.1 Å². The second-order valence-corrected chi connectivity index (χ2v) is 5.68. The van der Waals surface area contributed by atoms with Gasteiger partial charge < -0.3 is 4.90 Å². The number of nitrogens with zero attached hydrogens (tertiary/aromatic N) is 1. The summed E-state index contributed by atoms with van der Waals surface area (Å²) in [5, 5.41) is 2.65. The number of halogens is 2. The lowest BCUT2D eigenvalue weighted by Crippen LogP contribution is -2.59. The number of imide groups is 1. The standard InChI is InChI=1S/C13H12BrClN2O3/c1-2-10-12(19)16-11(18)6-17(10)13(20)8-5-7(15)3-4-9(8)14/h3-5,10H,2,6H2,1H3,(H,16,18,19). The second-order valence-electron chi connectivity index (χ2n) is 4.39. The molecule has 1 saturated heterocycles. The molecule has 0 radical (unpaired) electrons. The van der Waals surface area contributed by atoms with Crippen molar-refractivity contribution < 1.29 is 14.4 Å². The fraction of sp³-hybridized carbons (Fsp3) is 0.308. The lowest BCUT2D eigenvalue weighted by Gasteiger charge is -2.33. The quantitative estimate of drug-likeness (QED) is 0.821. The molecule has 1 atom stereocenters. The molecule has 0 aromatic heterocycles. The Kier molecular flexibility index (Phi) is 4.45. The lowest BCUT2D eigenvalue weighted by atomic mass is 10.1. The van der Waals surface area contributed by atoms with Crippen LogP contribution in [-0.2, 0) is 9.59 Å². The van der Waals surface area contributed by atoms with E-state index in [2.05, 4.69) is 21.2 Å². The number of carbonyl (C=O) groups is 3. The highest BCUT2D eigenvalue weighted by Crippen LogP contribution is 2.24. The van der Waals surface area contributed by atoms with Crippen LogP contribution >= 0.6 is 27.5 Å². The van der Waals surface area contributed by atoms with Gasteiger partial charge in [-0.3, -0.25) is 19.7 Å². The third kappa shape index (κ3) is 2.86. The minimum atomic E-state index is -0.647. The van der Waals surface area contributed by atoms with Crippen molar-refractivity contribution in [1.29, 1.82) is 0 Å². The van der Waals surface area contributed by atoms with E-state index in [1.165, 1.54) is 11.0 Å². The Morgan fingerprint density at radius 2 is 2.20 bits per heavy atom. The molecule has 1 aromatic rings. The Morgan fingerprint density at radius 1 is 1.50 bits per heavy atom. The molecule has 20 heavy (non-hydrogen) atoms. The van der Waals surface area contributed by atoms with Crippen molar-refractivity contribution in [3.8, 4) is 0 Å². The normalized spacial score (nSPS) is 18.9. The van der Waals surface area contributed by atoms with Gasteiger partial charge in [-0.2, -0.15) is 0 Å². The van der Waals surface area contributed by atoms with E-state index in [0.717, 1.165) is 0 Å². The molecule has 1 aromatic carbocycles. The van der Waals surface area contributed by atoms with Crippen molar-refractivity contribution in [2.75, 3.05) is 6.54 Å². The molecule has 1 fully saturated rings. The molecule has 0 aliphatic carbocycles. The van der Waals surface area contributed by atoms with Crippen LogP contribution in [-0.4, -0.2) is 35.2 Å². The SMILES string of the molecule is CCC1C(=O)NC(=O)CN1C(=O)c1cc(Cl)ccc1Br. The number of hydrogen-bond donors (Lipinski definition) is 1. The van der Waals surface area contributed by atoms with Crippen LogP contribution in [0.15, 0.2) is 22.7 Å².